The van der Waals surface area contributed by atoms with Gasteiger partial charge in [-0.1, -0.05) is 0 Å². The van der Waals surface area contributed by atoms with Gasteiger partial charge in [0, 0.05) is 47.4 Å². The van der Waals surface area contributed by atoms with Crippen molar-refractivity contribution in [2.24, 2.45) is 4.99 Å². The molecule has 0 atom stereocenters. The van der Waals surface area contributed by atoms with Crippen molar-refractivity contribution in [2.45, 2.75) is 12.8 Å². The van der Waals surface area contributed by atoms with Gasteiger partial charge in [0.15, 0.2) is 0 Å². The van der Waals surface area contributed by atoms with E-state index in [2.05, 4.69) is 4.99 Å². The summed E-state index contributed by atoms with van der Waals surface area (Å²) in [6.45, 7) is 0. The Kier molecular flexibility index (Phi) is 6.63. The van der Waals surface area contributed by atoms with E-state index in [1.54, 1.807) is 0 Å². The summed E-state index contributed by atoms with van der Waals surface area (Å²) in [4.78, 5) is 25.7. The number of nitro groups is 2. The molecule has 0 N–H and O–H groups in total. The van der Waals surface area contributed by atoms with Crippen LogP contribution >= 0.6 is 0 Å². The van der Waals surface area contributed by atoms with E-state index in [1.807, 2.05) is 0 Å². The van der Waals surface area contributed by atoms with Crippen LogP contribution in [0.25, 0.3) is 5.70 Å². The molecule has 35 heavy (non-hydrogen) atoms. The fraction of sp³-hybridized carbons (Fsp3) is 0.0870. The zero-order valence-corrected chi connectivity index (χ0v) is 18.0. The molecule has 4 rings (SSSR count). The fourth-order valence-corrected chi connectivity index (χ4v) is 3.86. The van der Waals surface area contributed by atoms with Crippen molar-refractivity contribution < 1.29 is 22.9 Å². The summed E-state index contributed by atoms with van der Waals surface area (Å²) in [5.41, 5.74) is 1.50. The van der Waals surface area contributed by atoms with Gasteiger partial charge < -0.3 is 4.81 Å². The number of nitrogens with zero attached hydrogens (tertiary/aromatic N) is 4. The number of hydrogen-bond acceptors (Lipinski definition) is 6. The van der Waals surface area contributed by atoms with Gasteiger partial charge in [-0.15, -0.1) is 0 Å². The zero-order chi connectivity index (χ0) is 25.1. The van der Waals surface area contributed by atoms with Crippen LogP contribution in [0.3, 0.4) is 0 Å². The number of aryl methyl sites for hydroxylation is 1. The molecule has 0 radical (unpaired) electrons. The molecule has 0 saturated heterocycles. The normalized spacial score (nSPS) is 13.0. The molecular weight excluding hydrogens is 464 g/mol. The van der Waals surface area contributed by atoms with Crippen LogP contribution in [0.1, 0.15) is 17.5 Å². The van der Waals surface area contributed by atoms with Gasteiger partial charge in [0.05, 0.1) is 15.5 Å². The molecule has 0 heterocycles. The molecule has 3 aromatic carbocycles. The Hall–Kier alpha value is -4.48. The molecule has 3 aromatic rings. The molecule has 0 amide bonds. The number of hydrogen-bond donors (Lipinski definition) is 0. The predicted octanol–water partition coefficient (Wildman–Crippen LogP) is 6.13. The van der Waals surface area contributed by atoms with E-state index < -0.39 is 23.1 Å². The molecule has 0 saturated carbocycles. The first kappa shape index (κ1) is 23.7. The Morgan fingerprint density at radius 3 is 2.06 bits per heavy atom. The number of fused-ring (bicyclic) bond motifs is 1. The highest BCUT2D eigenvalue weighted by molar-refractivity contribution is 6.52. The monoisotopic (exact) mass is 480 g/mol. The lowest BCUT2D eigenvalue weighted by molar-refractivity contribution is -0.385. The Morgan fingerprint density at radius 1 is 0.886 bits per heavy atom. The van der Waals surface area contributed by atoms with E-state index in [-0.39, 0.29) is 29.2 Å². The van der Waals surface area contributed by atoms with Gasteiger partial charge in [-0.3, -0.25) is 33.9 Å². The maximum atomic E-state index is 14.4. The van der Waals surface area contributed by atoms with Crippen LogP contribution in [-0.4, -0.2) is 23.5 Å². The summed E-state index contributed by atoms with van der Waals surface area (Å²) >= 11 is 0. The van der Waals surface area contributed by atoms with Gasteiger partial charge >= 0.3 is 7.40 Å². The van der Waals surface area contributed by atoms with Crippen LogP contribution in [0.15, 0.2) is 77.3 Å². The molecule has 0 bridgehead atoms. The quantitative estimate of drug-likeness (QED) is 0.175. The molecule has 8 nitrogen and oxygen atoms in total. The number of rotatable bonds is 7. The molecule has 1 aliphatic carbocycles. The third kappa shape index (κ3) is 5.05. The molecule has 12 heteroatoms. The Bertz CT molecular complexity index is 1350. The standard InChI is InChI=1S/C23H16BF3N4O4/c25-17-3-12-22-15(13-17)1-2-16(14-28-18-4-6-20(7-5-18)30(32)33)23(22)29(24(26)27)19-8-10-21(11-9-19)31(34)35/h3-14H,1-2H2. The Balaban J connectivity index is 1.83. The summed E-state index contributed by atoms with van der Waals surface area (Å²) in [7, 11) is -3.02. The largest absolute Gasteiger partial charge is 0.678 e. The topological polar surface area (TPSA) is 102 Å². The highest BCUT2D eigenvalue weighted by atomic mass is 19.2. The molecule has 0 aliphatic heterocycles. The summed E-state index contributed by atoms with van der Waals surface area (Å²) in [5.74, 6) is -0.495. The lowest BCUT2D eigenvalue weighted by atomic mass is 9.86. The predicted molar refractivity (Wildman–Crippen MR) is 126 cm³/mol. The molecule has 0 aromatic heterocycles. The number of anilines is 1. The smallest absolute Gasteiger partial charge is 0.325 e. The number of nitro benzene ring substituents is 2. The second kappa shape index (κ2) is 9.79. The van der Waals surface area contributed by atoms with Crippen molar-refractivity contribution in [2.75, 3.05) is 4.81 Å². The highest BCUT2D eigenvalue weighted by Crippen LogP contribution is 2.38. The van der Waals surface area contributed by atoms with Crippen molar-refractivity contribution in [3.05, 3.63) is 109 Å². The first-order valence-electron chi connectivity index (χ1n) is 10.4. The maximum Gasteiger partial charge on any atom is 0.678 e. The van der Waals surface area contributed by atoms with E-state index in [9.17, 15) is 33.3 Å². The summed E-state index contributed by atoms with van der Waals surface area (Å²) in [6.07, 6.45) is 2.07. The minimum absolute atomic E-state index is 0.0130. The highest BCUT2D eigenvalue weighted by Gasteiger charge is 2.34. The third-order valence-corrected chi connectivity index (χ3v) is 5.50. The van der Waals surface area contributed by atoms with E-state index in [0.29, 0.717) is 28.8 Å². The third-order valence-electron chi connectivity index (χ3n) is 5.50. The SMILES string of the molecule is O=[N+]([O-])c1ccc(N=CC2=C(N(B(F)F)c3ccc([N+](=O)[O-])cc3)c3ccc(F)cc3CC2)cc1. The molecule has 176 valence electrons. The van der Waals surface area contributed by atoms with Crippen LogP contribution in [0, 0.1) is 26.0 Å². The second-order valence-corrected chi connectivity index (χ2v) is 7.63. The molecule has 0 fully saturated rings. The number of allylic oxidation sites excluding steroid dienone is 1. The van der Waals surface area contributed by atoms with E-state index >= 15 is 0 Å². The molecule has 1 aliphatic rings. The van der Waals surface area contributed by atoms with E-state index in [0.717, 1.165) is 16.9 Å². The zero-order valence-electron chi connectivity index (χ0n) is 18.0. The maximum absolute atomic E-state index is 14.4. The molecular formula is C23H16BF3N4O4. The summed E-state index contributed by atoms with van der Waals surface area (Å²) in [6, 6.07) is 14.0. The average Bonchev–Trinajstić information content (AvgIpc) is 2.83. The number of benzene rings is 3. The van der Waals surface area contributed by atoms with Gasteiger partial charge in [0.2, 0.25) is 0 Å². The minimum atomic E-state index is -3.02. The molecule has 0 spiro atoms. The van der Waals surface area contributed by atoms with Crippen LogP contribution in [-0.2, 0) is 6.42 Å². The van der Waals surface area contributed by atoms with Gasteiger partial charge in [-0.2, -0.15) is 0 Å². The lowest BCUT2D eigenvalue weighted by Crippen LogP contribution is -2.34. The van der Waals surface area contributed by atoms with Gasteiger partial charge in [0.25, 0.3) is 11.4 Å². The van der Waals surface area contributed by atoms with Crippen molar-refractivity contribution in [3.63, 3.8) is 0 Å². The van der Waals surface area contributed by atoms with Gasteiger partial charge in [0.1, 0.15) is 5.82 Å². The van der Waals surface area contributed by atoms with Crippen LogP contribution in [0.5, 0.6) is 0 Å². The lowest BCUT2D eigenvalue weighted by Gasteiger charge is -2.31. The van der Waals surface area contributed by atoms with Gasteiger partial charge in [-0.05, 0) is 66.4 Å². The van der Waals surface area contributed by atoms with E-state index in [4.69, 9.17) is 0 Å². The Morgan fingerprint density at radius 2 is 1.49 bits per heavy atom. The molecule has 0 unspecified atom stereocenters. The van der Waals surface area contributed by atoms with Gasteiger partial charge in [-0.25, -0.2) is 4.39 Å². The number of non-ortho nitro benzene ring substituents is 2. The van der Waals surface area contributed by atoms with Crippen LogP contribution in [0.2, 0.25) is 0 Å². The Labute approximate surface area is 197 Å². The second-order valence-electron chi connectivity index (χ2n) is 7.63. The first-order chi connectivity index (χ1) is 16.7. The van der Waals surface area contributed by atoms with Crippen molar-refractivity contribution in [1.82, 2.24) is 0 Å². The number of halogens is 3. The summed E-state index contributed by atoms with van der Waals surface area (Å²) in [5, 5.41) is 21.8. The first-order valence-corrected chi connectivity index (χ1v) is 10.4. The van der Waals surface area contributed by atoms with Crippen molar-refractivity contribution >= 4 is 42.1 Å². The fourth-order valence-electron chi connectivity index (χ4n) is 3.86. The van der Waals surface area contributed by atoms with Crippen molar-refractivity contribution in [1.29, 1.82) is 0 Å². The van der Waals surface area contributed by atoms with Crippen LogP contribution < -0.4 is 4.81 Å². The summed E-state index contributed by atoms with van der Waals surface area (Å²) < 4.78 is 42.7. The number of aliphatic imine (C=N–C) groups is 1. The average molecular weight is 480 g/mol. The van der Waals surface area contributed by atoms with E-state index in [1.165, 1.54) is 60.8 Å². The van der Waals surface area contributed by atoms with Crippen molar-refractivity contribution in [3.8, 4) is 0 Å². The minimum Gasteiger partial charge on any atom is -0.325 e. The van der Waals surface area contributed by atoms with Crippen LogP contribution in [0.4, 0.5) is 35.8 Å².